The molecule has 0 aliphatic carbocycles. The average molecular weight is 420 g/mol. The number of nitrogens with zero attached hydrogens (tertiary/aromatic N) is 4. The van der Waals surface area contributed by atoms with Gasteiger partial charge in [-0.3, -0.25) is 14.2 Å². The van der Waals surface area contributed by atoms with E-state index in [0.29, 0.717) is 12.4 Å². The van der Waals surface area contributed by atoms with Crippen LogP contribution in [-0.2, 0) is 11.3 Å². The van der Waals surface area contributed by atoms with Gasteiger partial charge in [-0.05, 0) is 54.4 Å². The van der Waals surface area contributed by atoms with Crippen LogP contribution in [0, 0.1) is 19.7 Å². The third-order valence-corrected chi connectivity index (χ3v) is 5.26. The van der Waals surface area contributed by atoms with Gasteiger partial charge in [0.1, 0.15) is 11.9 Å². The molecular formula is C18H19BrFN5O. The molecule has 3 aromatic rings. The summed E-state index contributed by atoms with van der Waals surface area (Å²) in [5, 5.41) is 11.5. The van der Waals surface area contributed by atoms with Crippen LogP contribution in [0.4, 0.5) is 10.2 Å². The molecule has 1 atom stereocenters. The van der Waals surface area contributed by atoms with E-state index >= 15 is 0 Å². The monoisotopic (exact) mass is 419 g/mol. The van der Waals surface area contributed by atoms with Crippen LogP contribution in [0.2, 0.25) is 0 Å². The molecule has 0 radical (unpaired) electrons. The second-order valence-electron chi connectivity index (χ2n) is 6.12. The summed E-state index contributed by atoms with van der Waals surface area (Å²) in [4.78, 5) is 12.5. The Labute approximate surface area is 159 Å². The highest BCUT2D eigenvalue weighted by molar-refractivity contribution is 9.10. The highest BCUT2D eigenvalue weighted by Crippen LogP contribution is 2.23. The number of amides is 1. The van der Waals surface area contributed by atoms with Crippen LogP contribution in [0.15, 0.2) is 41.0 Å². The number of nitrogens with one attached hydrogen (secondary N) is 1. The third kappa shape index (κ3) is 3.85. The van der Waals surface area contributed by atoms with E-state index in [0.717, 1.165) is 21.4 Å². The van der Waals surface area contributed by atoms with Crippen LogP contribution in [0.5, 0.6) is 0 Å². The van der Waals surface area contributed by atoms with E-state index in [9.17, 15) is 9.18 Å². The van der Waals surface area contributed by atoms with Gasteiger partial charge in [0.25, 0.3) is 0 Å². The predicted molar refractivity (Wildman–Crippen MR) is 100 cm³/mol. The molecule has 0 saturated carbocycles. The topological polar surface area (TPSA) is 64.7 Å². The smallest absolute Gasteiger partial charge is 0.250 e. The first kappa shape index (κ1) is 18.3. The van der Waals surface area contributed by atoms with Crippen LogP contribution in [-0.4, -0.2) is 25.5 Å². The fraction of sp³-hybridized carbons (Fsp3) is 0.278. The largest absolute Gasteiger partial charge is 0.307 e. The Hall–Kier alpha value is -2.48. The van der Waals surface area contributed by atoms with Gasteiger partial charge >= 0.3 is 0 Å². The first-order valence-corrected chi connectivity index (χ1v) is 8.94. The summed E-state index contributed by atoms with van der Waals surface area (Å²) in [5.74, 6) is -0.0500. The molecule has 0 spiro atoms. The van der Waals surface area contributed by atoms with Crippen LogP contribution in [0.25, 0.3) is 0 Å². The Kier molecular flexibility index (Phi) is 5.22. The third-order valence-electron chi connectivity index (χ3n) is 4.11. The zero-order chi connectivity index (χ0) is 18.8. The van der Waals surface area contributed by atoms with E-state index < -0.39 is 6.04 Å². The van der Waals surface area contributed by atoms with E-state index in [4.69, 9.17) is 0 Å². The number of hydrogen-bond donors (Lipinski definition) is 1. The standard InChI is InChI=1S/C18H19BrFN5O/c1-11-17(19)12(2)25(22-11)13(3)18(26)21-16-7-8-24(23-16)10-14-5-4-6-15(20)9-14/h4-9,13H,10H2,1-3H3,(H,21,23,26). The van der Waals surface area contributed by atoms with Crippen molar-refractivity contribution in [2.45, 2.75) is 33.4 Å². The average Bonchev–Trinajstić information content (AvgIpc) is 3.13. The second kappa shape index (κ2) is 7.41. The molecule has 0 bridgehead atoms. The van der Waals surface area contributed by atoms with Gasteiger partial charge in [-0.2, -0.15) is 10.2 Å². The van der Waals surface area contributed by atoms with E-state index in [1.165, 1.54) is 12.1 Å². The van der Waals surface area contributed by atoms with Crippen molar-refractivity contribution in [3.05, 3.63) is 63.8 Å². The Morgan fingerprint density at radius 3 is 2.73 bits per heavy atom. The van der Waals surface area contributed by atoms with E-state index in [2.05, 4.69) is 31.4 Å². The molecule has 1 aromatic carbocycles. The summed E-state index contributed by atoms with van der Waals surface area (Å²) < 4.78 is 17.5. The molecule has 8 heteroatoms. The quantitative estimate of drug-likeness (QED) is 0.682. The van der Waals surface area contributed by atoms with Gasteiger partial charge in [0.15, 0.2) is 5.82 Å². The summed E-state index contributed by atoms with van der Waals surface area (Å²) in [5.41, 5.74) is 2.52. The maximum atomic E-state index is 13.3. The summed E-state index contributed by atoms with van der Waals surface area (Å²) >= 11 is 3.47. The van der Waals surface area contributed by atoms with Crippen molar-refractivity contribution in [1.82, 2.24) is 19.6 Å². The minimum Gasteiger partial charge on any atom is -0.307 e. The Bertz CT molecular complexity index is 949. The first-order chi connectivity index (χ1) is 12.3. The minimum absolute atomic E-state index is 0.209. The van der Waals surface area contributed by atoms with Gasteiger partial charge in [-0.25, -0.2) is 4.39 Å². The molecule has 0 aliphatic heterocycles. The van der Waals surface area contributed by atoms with Gasteiger partial charge in [-0.1, -0.05) is 12.1 Å². The zero-order valence-corrected chi connectivity index (χ0v) is 16.3. The summed E-state index contributed by atoms with van der Waals surface area (Å²) in [6, 6.07) is 7.57. The number of halogens is 2. The normalized spacial score (nSPS) is 12.2. The van der Waals surface area contributed by atoms with Crippen molar-refractivity contribution >= 4 is 27.7 Å². The molecule has 0 aliphatic rings. The van der Waals surface area contributed by atoms with Crippen LogP contribution in [0.3, 0.4) is 0 Å². The van der Waals surface area contributed by atoms with E-state index in [1.54, 1.807) is 34.6 Å². The number of aryl methyl sites for hydroxylation is 1. The fourth-order valence-electron chi connectivity index (χ4n) is 2.70. The summed E-state index contributed by atoms with van der Waals surface area (Å²) in [6.45, 7) is 5.99. The fourth-order valence-corrected chi connectivity index (χ4v) is 2.96. The van der Waals surface area contributed by atoms with Gasteiger partial charge in [0.05, 0.1) is 22.4 Å². The molecule has 1 N–H and O–H groups in total. The second-order valence-corrected chi connectivity index (χ2v) is 6.92. The van der Waals surface area contributed by atoms with Crippen molar-refractivity contribution < 1.29 is 9.18 Å². The number of aromatic nitrogens is 4. The van der Waals surface area contributed by atoms with Crippen molar-refractivity contribution in [3.63, 3.8) is 0 Å². The van der Waals surface area contributed by atoms with Crippen LogP contribution >= 0.6 is 15.9 Å². The molecule has 0 fully saturated rings. The van der Waals surface area contributed by atoms with Crippen LogP contribution in [0.1, 0.15) is 29.9 Å². The van der Waals surface area contributed by atoms with Gasteiger partial charge in [0.2, 0.25) is 5.91 Å². The highest BCUT2D eigenvalue weighted by Gasteiger charge is 2.21. The number of benzene rings is 1. The van der Waals surface area contributed by atoms with E-state index in [1.807, 2.05) is 19.9 Å². The Balaban J connectivity index is 1.68. The predicted octanol–water partition coefficient (Wildman–Crippen LogP) is 3.85. The number of carbonyl (C=O) groups excluding carboxylic acids is 1. The first-order valence-electron chi connectivity index (χ1n) is 8.15. The van der Waals surface area contributed by atoms with Gasteiger partial charge in [0, 0.05) is 12.3 Å². The maximum Gasteiger partial charge on any atom is 0.250 e. The molecule has 0 saturated heterocycles. The molecule has 2 aromatic heterocycles. The molecule has 3 rings (SSSR count). The maximum absolute atomic E-state index is 13.3. The van der Waals surface area contributed by atoms with Crippen molar-refractivity contribution in [2.24, 2.45) is 0 Å². The van der Waals surface area contributed by atoms with Crippen molar-refractivity contribution in [2.75, 3.05) is 5.32 Å². The molecule has 1 amide bonds. The van der Waals surface area contributed by atoms with Gasteiger partial charge < -0.3 is 5.32 Å². The lowest BCUT2D eigenvalue weighted by Crippen LogP contribution is -2.25. The lowest BCUT2D eigenvalue weighted by Gasteiger charge is -2.13. The number of anilines is 1. The summed E-state index contributed by atoms with van der Waals surface area (Å²) in [7, 11) is 0. The molecule has 2 heterocycles. The zero-order valence-electron chi connectivity index (χ0n) is 14.7. The van der Waals surface area contributed by atoms with Crippen molar-refractivity contribution in [1.29, 1.82) is 0 Å². The molecule has 1 unspecified atom stereocenters. The summed E-state index contributed by atoms with van der Waals surface area (Å²) in [6.07, 6.45) is 1.74. The van der Waals surface area contributed by atoms with Crippen molar-refractivity contribution in [3.8, 4) is 0 Å². The van der Waals surface area contributed by atoms with Crippen LogP contribution < -0.4 is 5.32 Å². The number of rotatable bonds is 5. The Morgan fingerprint density at radius 2 is 2.08 bits per heavy atom. The number of hydrogen-bond acceptors (Lipinski definition) is 3. The highest BCUT2D eigenvalue weighted by atomic mass is 79.9. The van der Waals surface area contributed by atoms with Gasteiger partial charge in [-0.15, -0.1) is 0 Å². The minimum atomic E-state index is -0.478. The van der Waals surface area contributed by atoms with E-state index in [-0.39, 0.29) is 11.7 Å². The molecule has 6 nitrogen and oxygen atoms in total. The lowest BCUT2D eigenvalue weighted by atomic mass is 10.2. The molecule has 26 heavy (non-hydrogen) atoms. The molecular weight excluding hydrogens is 401 g/mol. The lowest BCUT2D eigenvalue weighted by molar-refractivity contribution is -0.119. The number of carbonyl (C=O) groups is 1. The Morgan fingerprint density at radius 1 is 1.31 bits per heavy atom. The SMILES string of the molecule is Cc1nn(C(C)C(=O)Nc2ccn(Cc3cccc(F)c3)n2)c(C)c1Br. The molecule has 136 valence electrons.